The van der Waals surface area contributed by atoms with Gasteiger partial charge in [-0.3, -0.25) is 9.52 Å². The van der Waals surface area contributed by atoms with Crippen molar-refractivity contribution in [3.63, 3.8) is 0 Å². The lowest BCUT2D eigenvalue weighted by atomic mass is 9.81. The standard InChI is InChI=1S/C25H26N2O5S/c1-25(2,3)16-13-19(18-6-5-11-26-23(18)28)22-20(14-16)21(32-24(22)29)12-15-7-9-17(10-8-15)27-33(4,30)31/h5-11,13-14,21,27H,12H2,1-4H3,(H,26,28). The van der Waals surface area contributed by atoms with Gasteiger partial charge in [-0.25, -0.2) is 13.2 Å². The molecule has 2 N–H and O–H groups in total. The van der Waals surface area contributed by atoms with E-state index in [9.17, 15) is 18.0 Å². The lowest BCUT2D eigenvalue weighted by molar-refractivity contribution is 0.0387. The molecule has 0 saturated heterocycles. The fourth-order valence-electron chi connectivity index (χ4n) is 3.97. The fourth-order valence-corrected chi connectivity index (χ4v) is 4.53. The van der Waals surface area contributed by atoms with Crippen LogP contribution in [-0.4, -0.2) is 25.6 Å². The maximum Gasteiger partial charge on any atom is 0.339 e. The molecule has 8 heteroatoms. The first-order chi connectivity index (χ1) is 15.4. The van der Waals surface area contributed by atoms with Gasteiger partial charge in [-0.05, 0) is 46.9 Å². The van der Waals surface area contributed by atoms with Crippen LogP contribution >= 0.6 is 0 Å². The number of hydrogen-bond donors (Lipinski definition) is 2. The molecule has 0 amide bonds. The minimum Gasteiger partial charge on any atom is -0.453 e. The highest BCUT2D eigenvalue weighted by molar-refractivity contribution is 7.92. The lowest BCUT2D eigenvalue weighted by Gasteiger charge is -2.22. The fraction of sp³-hybridized carbons (Fsp3) is 0.280. The predicted octanol–water partition coefficient (Wildman–Crippen LogP) is 4.17. The Morgan fingerprint density at radius 2 is 1.73 bits per heavy atom. The molecule has 1 aromatic heterocycles. The highest BCUT2D eigenvalue weighted by atomic mass is 32.2. The van der Waals surface area contributed by atoms with Crippen LogP contribution in [0.15, 0.2) is 59.5 Å². The van der Waals surface area contributed by atoms with Crippen LogP contribution in [0.5, 0.6) is 0 Å². The lowest BCUT2D eigenvalue weighted by Crippen LogP contribution is -2.15. The van der Waals surface area contributed by atoms with Crippen LogP contribution in [0.25, 0.3) is 11.1 Å². The summed E-state index contributed by atoms with van der Waals surface area (Å²) in [5.41, 5.74) is 4.04. The van der Waals surface area contributed by atoms with Crippen molar-refractivity contribution >= 4 is 21.7 Å². The van der Waals surface area contributed by atoms with Gasteiger partial charge in [-0.1, -0.05) is 39.0 Å². The molecule has 1 aliphatic heterocycles. The Morgan fingerprint density at radius 1 is 1.03 bits per heavy atom. The van der Waals surface area contributed by atoms with Crippen molar-refractivity contribution in [3.05, 3.63) is 87.3 Å². The van der Waals surface area contributed by atoms with Crippen LogP contribution < -0.4 is 10.3 Å². The smallest absolute Gasteiger partial charge is 0.339 e. The third-order valence-electron chi connectivity index (χ3n) is 5.62. The predicted molar refractivity (Wildman–Crippen MR) is 128 cm³/mol. The highest BCUT2D eigenvalue weighted by Crippen LogP contribution is 2.41. The normalized spacial score (nSPS) is 15.8. The SMILES string of the molecule is CC(C)(C)c1cc(-c2ccc[nH]c2=O)c2c(c1)C(Cc1ccc(NS(C)(=O)=O)cc1)OC2=O. The van der Waals surface area contributed by atoms with Gasteiger partial charge >= 0.3 is 5.97 Å². The third kappa shape index (κ3) is 4.85. The average molecular weight is 467 g/mol. The molecule has 0 aliphatic carbocycles. The van der Waals surface area contributed by atoms with Crippen LogP contribution in [0.1, 0.15) is 53.9 Å². The first kappa shape index (κ1) is 22.8. The molecule has 3 aromatic rings. The molecule has 4 rings (SSSR count). The Kier molecular flexibility index (Phi) is 5.66. The molecule has 0 spiro atoms. The number of carbonyl (C=O) groups is 1. The molecule has 0 bridgehead atoms. The van der Waals surface area contributed by atoms with Crippen LogP contribution in [-0.2, 0) is 26.6 Å². The van der Waals surface area contributed by atoms with Crippen LogP contribution in [0.2, 0.25) is 0 Å². The summed E-state index contributed by atoms with van der Waals surface area (Å²) in [6, 6.07) is 14.3. The molecular weight excluding hydrogens is 440 g/mol. The van der Waals surface area contributed by atoms with E-state index in [1.54, 1.807) is 42.6 Å². The Bertz CT molecular complexity index is 1380. The van der Waals surface area contributed by atoms with Gasteiger partial charge < -0.3 is 9.72 Å². The monoisotopic (exact) mass is 466 g/mol. The molecule has 33 heavy (non-hydrogen) atoms. The topological polar surface area (TPSA) is 105 Å². The van der Waals surface area contributed by atoms with Gasteiger partial charge in [0, 0.05) is 35.0 Å². The Hall–Kier alpha value is -3.39. The Morgan fingerprint density at radius 3 is 2.33 bits per heavy atom. The number of sulfonamides is 1. The van der Waals surface area contributed by atoms with Crippen molar-refractivity contribution in [2.24, 2.45) is 0 Å². The number of fused-ring (bicyclic) bond motifs is 1. The van der Waals surface area contributed by atoms with E-state index in [-0.39, 0.29) is 11.0 Å². The maximum atomic E-state index is 12.9. The maximum absolute atomic E-state index is 12.9. The van der Waals surface area contributed by atoms with Gasteiger partial charge in [-0.15, -0.1) is 0 Å². The van der Waals surface area contributed by atoms with E-state index in [1.165, 1.54) is 0 Å². The summed E-state index contributed by atoms with van der Waals surface area (Å²) in [6.45, 7) is 6.23. The number of H-pyrrole nitrogens is 1. The number of aromatic nitrogens is 1. The Labute approximate surface area is 192 Å². The van der Waals surface area contributed by atoms with Crippen molar-refractivity contribution in [2.75, 3.05) is 11.0 Å². The van der Waals surface area contributed by atoms with E-state index < -0.39 is 22.1 Å². The quantitative estimate of drug-likeness (QED) is 0.549. The van der Waals surface area contributed by atoms with Gasteiger partial charge in [0.25, 0.3) is 5.56 Å². The third-order valence-corrected chi connectivity index (χ3v) is 6.23. The van der Waals surface area contributed by atoms with Gasteiger partial charge in [0.1, 0.15) is 6.10 Å². The largest absolute Gasteiger partial charge is 0.453 e. The van der Waals surface area contributed by atoms with Gasteiger partial charge in [-0.2, -0.15) is 0 Å². The zero-order chi connectivity index (χ0) is 24.0. The molecule has 1 atom stereocenters. The minimum atomic E-state index is -3.36. The number of pyridine rings is 1. The molecule has 0 radical (unpaired) electrons. The van der Waals surface area contributed by atoms with Crippen molar-refractivity contribution < 1.29 is 17.9 Å². The summed E-state index contributed by atoms with van der Waals surface area (Å²) in [7, 11) is -3.36. The number of ether oxygens (including phenoxy) is 1. The number of cyclic esters (lactones) is 1. The average Bonchev–Trinajstić information content (AvgIpc) is 3.03. The van der Waals surface area contributed by atoms with E-state index >= 15 is 0 Å². The number of rotatable bonds is 5. The van der Waals surface area contributed by atoms with Gasteiger partial charge in [0.15, 0.2) is 0 Å². The zero-order valence-corrected chi connectivity index (χ0v) is 19.7. The number of anilines is 1. The highest BCUT2D eigenvalue weighted by Gasteiger charge is 2.36. The molecule has 0 fully saturated rings. The molecule has 172 valence electrons. The molecule has 7 nitrogen and oxygen atoms in total. The zero-order valence-electron chi connectivity index (χ0n) is 18.9. The van der Waals surface area contributed by atoms with Gasteiger partial charge in [0.2, 0.25) is 10.0 Å². The van der Waals surface area contributed by atoms with E-state index in [4.69, 9.17) is 4.74 Å². The van der Waals surface area contributed by atoms with Crippen LogP contribution in [0, 0.1) is 0 Å². The minimum absolute atomic E-state index is 0.208. The number of esters is 1. The molecule has 1 unspecified atom stereocenters. The molecule has 1 aliphatic rings. The number of benzene rings is 2. The van der Waals surface area contributed by atoms with E-state index in [1.807, 2.05) is 12.1 Å². The summed E-state index contributed by atoms with van der Waals surface area (Å²) in [5, 5.41) is 0. The van der Waals surface area contributed by atoms with Crippen molar-refractivity contribution in [2.45, 2.75) is 38.7 Å². The van der Waals surface area contributed by atoms with Crippen molar-refractivity contribution in [3.8, 4) is 11.1 Å². The summed E-state index contributed by atoms with van der Waals surface area (Å²) < 4.78 is 31.0. The van der Waals surface area contributed by atoms with E-state index in [2.05, 4.69) is 30.5 Å². The molecular formula is C25H26N2O5S. The second kappa shape index (κ2) is 8.19. The second-order valence-electron chi connectivity index (χ2n) is 9.32. The number of carbonyl (C=O) groups excluding carboxylic acids is 1. The Balaban J connectivity index is 1.76. The summed E-state index contributed by atoms with van der Waals surface area (Å²) >= 11 is 0. The molecule has 0 saturated carbocycles. The first-order valence-corrected chi connectivity index (χ1v) is 12.5. The van der Waals surface area contributed by atoms with E-state index in [0.717, 1.165) is 22.9 Å². The van der Waals surface area contributed by atoms with Crippen LogP contribution in [0.4, 0.5) is 5.69 Å². The van der Waals surface area contributed by atoms with Gasteiger partial charge in [0.05, 0.1) is 11.8 Å². The number of hydrogen-bond acceptors (Lipinski definition) is 5. The first-order valence-electron chi connectivity index (χ1n) is 10.6. The van der Waals surface area contributed by atoms with Crippen molar-refractivity contribution in [1.82, 2.24) is 4.98 Å². The summed E-state index contributed by atoms with van der Waals surface area (Å²) in [4.78, 5) is 28.1. The van der Waals surface area contributed by atoms with E-state index in [0.29, 0.717) is 28.8 Å². The summed E-state index contributed by atoms with van der Waals surface area (Å²) in [5.74, 6) is -0.455. The molecule has 2 heterocycles. The van der Waals surface area contributed by atoms with Crippen LogP contribution in [0.3, 0.4) is 0 Å². The number of nitrogens with one attached hydrogen (secondary N) is 2. The summed E-state index contributed by atoms with van der Waals surface area (Å²) in [6.07, 6.45) is 2.57. The molecule has 2 aromatic carbocycles. The van der Waals surface area contributed by atoms with Crippen molar-refractivity contribution in [1.29, 1.82) is 0 Å². The second-order valence-corrected chi connectivity index (χ2v) is 11.1. The number of aromatic amines is 1.